The number of carbonyl (C=O) groups excluding carboxylic acids is 2. The van der Waals surface area contributed by atoms with Crippen LogP contribution in [0.2, 0.25) is 5.02 Å². The summed E-state index contributed by atoms with van der Waals surface area (Å²) < 4.78 is 13.3. The highest BCUT2D eigenvalue weighted by molar-refractivity contribution is 6.30. The standard InChI is InChI=1S/C16H15ClFN3O2/c1-19-15(22)11-4-2-10(3-5-11)9-20-16(23)21-12-6-7-13(17)14(18)8-12/h2-8H,9H2,1H3,(H,19,22)(H2,20,21,23). The lowest BCUT2D eigenvalue weighted by Gasteiger charge is -2.08. The molecule has 0 bridgehead atoms. The monoisotopic (exact) mass is 335 g/mol. The van der Waals surface area contributed by atoms with Crippen molar-refractivity contribution in [3.8, 4) is 0 Å². The Bertz CT molecular complexity index is 720. The average molecular weight is 336 g/mol. The van der Waals surface area contributed by atoms with E-state index in [-0.39, 0.29) is 17.5 Å². The fourth-order valence-corrected chi connectivity index (χ4v) is 1.97. The molecule has 23 heavy (non-hydrogen) atoms. The van der Waals surface area contributed by atoms with Gasteiger partial charge in [0, 0.05) is 24.8 Å². The molecule has 0 aliphatic carbocycles. The highest BCUT2D eigenvalue weighted by atomic mass is 35.5. The van der Waals surface area contributed by atoms with Crippen LogP contribution in [0.5, 0.6) is 0 Å². The molecular formula is C16H15ClFN3O2. The number of amides is 3. The first kappa shape index (κ1) is 16.8. The van der Waals surface area contributed by atoms with Crippen molar-refractivity contribution in [2.45, 2.75) is 6.54 Å². The van der Waals surface area contributed by atoms with E-state index in [4.69, 9.17) is 11.6 Å². The van der Waals surface area contributed by atoms with E-state index in [9.17, 15) is 14.0 Å². The third kappa shape index (κ3) is 4.69. The molecule has 0 radical (unpaired) electrons. The topological polar surface area (TPSA) is 70.2 Å². The zero-order valence-electron chi connectivity index (χ0n) is 12.3. The Hall–Kier alpha value is -2.60. The van der Waals surface area contributed by atoms with Crippen LogP contribution in [0.25, 0.3) is 0 Å². The van der Waals surface area contributed by atoms with E-state index in [1.54, 1.807) is 31.3 Å². The van der Waals surface area contributed by atoms with E-state index in [2.05, 4.69) is 16.0 Å². The SMILES string of the molecule is CNC(=O)c1ccc(CNC(=O)Nc2ccc(Cl)c(F)c2)cc1. The van der Waals surface area contributed by atoms with Gasteiger partial charge in [0.25, 0.3) is 5.91 Å². The number of anilines is 1. The van der Waals surface area contributed by atoms with E-state index >= 15 is 0 Å². The van der Waals surface area contributed by atoms with Crippen LogP contribution in [0.1, 0.15) is 15.9 Å². The van der Waals surface area contributed by atoms with Gasteiger partial charge >= 0.3 is 6.03 Å². The van der Waals surface area contributed by atoms with Crippen molar-refractivity contribution in [2.75, 3.05) is 12.4 Å². The molecule has 0 aliphatic heterocycles. The van der Waals surface area contributed by atoms with E-state index in [1.807, 2.05) is 0 Å². The lowest BCUT2D eigenvalue weighted by atomic mass is 10.1. The normalized spacial score (nSPS) is 10.0. The predicted molar refractivity (Wildman–Crippen MR) is 87.1 cm³/mol. The first-order valence-corrected chi connectivity index (χ1v) is 7.18. The van der Waals surface area contributed by atoms with Crippen molar-refractivity contribution in [3.63, 3.8) is 0 Å². The highest BCUT2D eigenvalue weighted by Gasteiger charge is 2.06. The van der Waals surface area contributed by atoms with Crippen molar-refractivity contribution in [2.24, 2.45) is 0 Å². The number of rotatable bonds is 4. The molecule has 0 atom stereocenters. The Balaban J connectivity index is 1.88. The van der Waals surface area contributed by atoms with Crippen molar-refractivity contribution in [3.05, 3.63) is 64.4 Å². The van der Waals surface area contributed by atoms with Gasteiger partial charge in [-0.25, -0.2) is 9.18 Å². The lowest BCUT2D eigenvalue weighted by Crippen LogP contribution is -2.28. The third-order valence-electron chi connectivity index (χ3n) is 3.07. The molecule has 5 nitrogen and oxygen atoms in total. The molecule has 3 N–H and O–H groups in total. The van der Waals surface area contributed by atoms with Crippen LogP contribution in [0.3, 0.4) is 0 Å². The van der Waals surface area contributed by atoms with Gasteiger partial charge in [0.15, 0.2) is 0 Å². The minimum atomic E-state index is -0.603. The molecule has 3 amide bonds. The Kier molecular flexibility index (Phi) is 5.54. The molecule has 0 spiro atoms. The van der Waals surface area contributed by atoms with Crippen LogP contribution >= 0.6 is 11.6 Å². The number of nitrogens with one attached hydrogen (secondary N) is 3. The fourth-order valence-electron chi connectivity index (χ4n) is 1.85. The van der Waals surface area contributed by atoms with Gasteiger partial charge in [-0.15, -0.1) is 0 Å². The maximum absolute atomic E-state index is 13.3. The maximum Gasteiger partial charge on any atom is 0.319 e. The summed E-state index contributed by atoms with van der Waals surface area (Å²) in [5.74, 6) is -0.777. The highest BCUT2D eigenvalue weighted by Crippen LogP contribution is 2.18. The maximum atomic E-state index is 13.3. The van der Waals surface area contributed by atoms with E-state index < -0.39 is 11.8 Å². The molecule has 120 valence electrons. The van der Waals surface area contributed by atoms with Gasteiger partial charge in [-0.1, -0.05) is 23.7 Å². The largest absolute Gasteiger partial charge is 0.355 e. The second-order valence-corrected chi connectivity index (χ2v) is 5.12. The summed E-state index contributed by atoms with van der Waals surface area (Å²) in [6.45, 7) is 0.274. The smallest absolute Gasteiger partial charge is 0.319 e. The second-order valence-electron chi connectivity index (χ2n) is 4.71. The molecule has 2 rings (SSSR count). The second kappa shape index (κ2) is 7.60. The van der Waals surface area contributed by atoms with Crippen LogP contribution in [-0.4, -0.2) is 19.0 Å². The Morgan fingerprint density at radius 3 is 2.43 bits per heavy atom. The quantitative estimate of drug-likeness (QED) is 0.803. The number of benzene rings is 2. The van der Waals surface area contributed by atoms with Crippen LogP contribution in [-0.2, 0) is 6.54 Å². The van der Waals surface area contributed by atoms with Gasteiger partial charge in [0.1, 0.15) is 5.82 Å². The van der Waals surface area contributed by atoms with Gasteiger partial charge in [0.05, 0.1) is 5.02 Å². The van der Waals surface area contributed by atoms with Gasteiger partial charge < -0.3 is 16.0 Å². The van der Waals surface area contributed by atoms with Crippen molar-refractivity contribution < 1.29 is 14.0 Å². The molecule has 0 aromatic heterocycles. The van der Waals surface area contributed by atoms with Crippen LogP contribution in [0.15, 0.2) is 42.5 Å². The van der Waals surface area contributed by atoms with E-state index in [0.717, 1.165) is 11.6 Å². The number of urea groups is 1. The summed E-state index contributed by atoms with van der Waals surface area (Å²) in [4.78, 5) is 23.2. The van der Waals surface area contributed by atoms with Crippen LogP contribution in [0, 0.1) is 5.82 Å². The van der Waals surface area contributed by atoms with Crippen LogP contribution < -0.4 is 16.0 Å². The van der Waals surface area contributed by atoms with Gasteiger partial charge in [-0.3, -0.25) is 4.79 Å². The van der Waals surface area contributed by atoms with Gasteiger partial charge in [0.2, 0.25) is 0 Å². The summed E-state index contributed by atoms with van der Waals surface area (Å²) in [6, 6.07) is 10.4. The Morgan fingerprint density at radius 2 is 1.83 bits per heavy atom. The fraction of sp³-hybridized carbons (Fsp3) is 0.125. The molecule has 2 aromatic carbocycles. The third-order valence-corrected chi connectivity index (χ3v) is 3.38. The van der Waals surface area contributed by atoms with Crippen molar-refractivity contribution in [1.29, 1.82) is 0 Å². The molecular weight excluding hydrogens is 321 g/mol. The molecule has 0 unspecified atom stereocenters. The Labute approximate surface area is 137 Å². The summed E-state index contributed by atoms with van der Waals surface area (Å²) in [5.41, 5.74) is 1.67. The molecule has 0 heterocycles. The summed E-state index contributed by atoms with van der Waals surface area (Å²) in [7, 11) is 1.56. The molecule has 7 heteroatoms. The van der Waals surface area contributed by atoms with E-state index in [0.29, 0.717) is 11.3 Å². The molecule has 2 aromatic rings. The number of hydrogen-bond donors (Lipinski definition) is 3. The molecule has 0 fully saturated rings. The number of hydrogen-bond acceptors (Lipinski definition) is 2. The predicted octanol–water partition coefficient (Wildman–Crippen LogP) is 3.16. The summed E-state index contributed by atoms with van der Waals surface area (Å²) >= 11 is 5.57. The summed E-state index contributed by atoms with van der Waals surface area (Å²) in [5, 5.41) is 7.67. The van der Waals surface area contributed by atoms with E-state index in [1.165, 1.54) is 12.1 Å². The first-order valence-electron chi connectivity index (χ1n) is 6.80. The zero-order valence-corrected chi connectivity index (χ0v) is 13.1. The minimum absolute atomic E-state index is 0.00726. The Morgan fingerprint density at radius 1 is 1.13 bits per heavy atom. The van der Waals surface area contributed by atoms with Gasteiger partial charge in [-0.2, -0.15) is 0 Å². The van der Waals surface area contributed by atoms with Gasteiger partial charge in [-0.05, 0) is 35.9 Å². The first-order chi connectivity index (χ1) is 11.0. The van der Waals surface area contributed by atoms with Crippen molar-refractivity contribution in [1.82, 2.24) is 10.6 Å². The number of halogens is 2. The van der Waals surface area contributed by atoms with Crippen molar-refractivity contribution >= 4 is 29.2 Å². The number of carbonyl (C=O) groups is 2. The zero-order chi connectivity index (χ0) is 16.8. The molecule has 0 saturated heterocycles. The van der Waals surface area contributed by atoms with Crippen LogP contribution in [0.4, 0.5) is 14.9 Å². The molecule has 0 saturated carbocycles. The lowest BCUT2D eigenvalue weighted by molar-refractivity contribution is 0.0963. The molecule has 0 aliphatic rings. The average Bonchev–Trinajstić information content (AvgIpc) is 2.56. The minimum Gasteiger partial charge on any atom is -0.355 e. The summed E-state index contributed by atoms with van der Waals surface area (Å²) in [6.07, 6.45) is 0.